The van der Waals surface area contributed by atoms with Crippen LogP contribution in [0.15, 0.2) is 30.3 Å². The number of likely N-dealkylation sites (tertiary alicyclic amines) is 2. The number of hydrogen-bond donors (Lipinski definition) is 1. The van der Waals surface area contributed by atoms with Crippen LogP contribution in [-0.4, -0.2) is 61.6 Å². The zero-order chi connectivity index (χ0) is 17.0. The number of carbonyl (C=O) groups is 1. The number of nitrogens with zero attached hydrogens (tertiary/aromatic N) is 2. The van der Waals surface area contributed by atoms with Crippen molar-refractivity contribution in [2.75, 3.05) is 39.9 Å². The van der Waals surface area contributed by atoms with Crippen molar-refractivity contribution in [1.29, 1.82) is 0 Å². The maximum atomic E-state index is 12.3. The van der Waals surface area contributed by atoms with E-state index in [4.69, 9.17) is 10.5 Å². The summed E-state index contributed by atoms with van der Waals surface area (Å²) in [5.74, 6) is 0.0332. The summed E-state index contributed by atoms with van der Waals surface area (Å²) in [6, 6.07) is 10.1. The number of carbonyl (C=O) groups excluding carboxylic acids is 1. The fourth-order valence-electron chi connectivity index (χ4n) is 4.10. The number of rotatable bonds is 5. The van der Waals surface area contributed by atoms with Crippen molar-refractivity contribution in [2.45, 2.75) is 31.8 Å². The summed E-state index contributed by atoms with van der Waals surface area (Å²) >= 11 is 0. The van der Waals surface area contributed by atoms with Crippen molar-refractivity contribution in [3.8, 4) is 0 Å². The van der Waals surface area contributed by atoms with Crippen LogP contribution in [0.5, 0.6) is 0 Å². The van der Waals surface area contributed by atoms with E-state index >= 15 is 0 Å². The van der Waals surface area contributed by atoms with E-state index in [0.29, 0.717) is 12.0 Å². The van der Waals surface area contributed by atoms with Gasteiger partial charge in [0, 0.05) is 33.3 Å². The molecule has 2 fully saturated rings. The number of hydrogen-bond acceptors (Lipinski definition) is 4. The maximum absolute atomic E-state index is 12.3. The first kappa shape index (κ1) is 17.4. The monoisotopic (exact) mass is 331 g/mol. The highest BCUT2D eigenvalue weighted by atomic mass is 16.5. The standard InChI is InChI=1S/C19H29N3O2/c1-24-14-17(20)18(23)22-11-8-19(9-12-22)7-10-21(15-19)13-16-5-3-2-4-6-16/h2-6,17H,7-15,20H2,1H3. The van der Waals surface area contributed by atoms with Gasteiger partial charge in [0.25, 0.3) is 0 Å². The molecule has 0 bridgehead atoms. The van der Waals surface area contributed by atoms with Gasteiger partial charge in [0.05, 0.1) is 6.61 Å². The summed E-state index contributed by atoms with van der Waals surface area (Å²) in [7, 11) is 1.58. The van der Waals surface area contributed by atoms with E-state index in [0.717, 1.165) is 45.6 Å². The molecule has 1 aromatic carbocycles. The molecule has 2 aliphatic heterocycles. The molecule has 5 nitrogen and oxygen atoms in total. The van der Waals surface area contributed by atoms with Crippen molar-refractivity contribution in [1.82, 2.24) is 9.80 Å². The minimum Gasteiger partial charge on any atom is -0.383 e. The summed E-state index contributed by atoms with van der Waals surface area (Å²) < 4.78 is 5.00. The molecule has 24 heavy (non-hydrogen) atoms. The molecular weight excluding hydrogens is 302 g/mol. The van der Waals surface area contributed by atoms with Crippen LogP contribution in [0.2, 0.25) is 0 Å². The summed E-state index contributed by atoms with van der Waals surface area (Å²) in [5, 5.41) is 0. The van der Waals surface area contributed by atoms with Gasteiger partial charge in [-0.1, -0.05) is 30.3 Å². The Kier molecular flexibility index (Phi) is 5.54. The van der Waals surface area contributed by atoms with Gasteiger partial charge in [-0.2, -0.15) is 0 Å². The maximum Gasteiger partial charge on any atom is 0.241 e. The number of ether oxygens (including phenoxy) is 1. The summed E-state index contributed by atoms with van der Waals surface area (Å²) in [6.45, 7) is 5.29. The van der Waals surface area contributed by atoms with Crippen LogP contribution in [0.25, 0.3) is 0 Å². The number of nitrogens with two attached hydrogens (primary N) is 1. The van der Waals surface area contributed by atoms with Gasteiger partial charge in [0.15, 0.2) is 0 Å². The van der Waals surface area contributed by atoms with Crippen LogP contribution < -0.4 is 5.73 Å². The number of amides is 1. The minimum absolute atomic E-state index is 0.0332. The van der Waals surface area contributed by atoms with E-state index in [9.17, 15) is 4.79 Å². The third-order valence-electron chi connectivity index (χ3n) is 5.57. The van der Waals surface area contributed by atoms with Crippen molar-refractivity contribution >= 4 is 5.91 Å². The summed E-state index contributed by atoms with van der Waals surface area (Å²) in [4.78, 5) is 16.8. The third kappa shape index (κ3) is 3.97. The second-order valence-electron chi connectivity index (χ2n) is 7.33. The van der Waals surface area contributed by atoms with E-state index in [1.165, 1.54) is 12.0 Å². The van der Waals surface area contributed by atoms with Crippen LogP contribution in [0.1, 0.15) is 24.8 Å². The molecule has 5 heteroatoms. The molecule has 1 atom stereocenters. The largest absolute Gasteiger partial charge is 0.383 e. The normalized spacial score (nSPS) is 22.0. The fourth-order valence-corrected chi connectivity index (χ4v) is 4.10. The van der Waals surface area contributed by atoms with Crippen molar-refractivity contribution in [3.05, 3.63) is 35.9 Å². The third-order valence-corrected chi connectivity index (χ3v) is 5.57. The van der Waals surface area contributed by atoms with Gasteiger partial charge < -0.3 is 15.4 Å². The molecule has 132 valence electrons. The van der Waals surface area contributed by atoms with E-state index in [2.05, 4.69) is 35.2 Å². The SMILES string of the molecule is COCC(N)C(=O)N1CCC2(CCN(Cc3ccccc3)C2)CC1. The predicted molar refractivity (Wildman–Crippen MR) is 94.4 cm³/mol. The van der Waals surface area contributed by atoms with Crippen LogP contribution >= 0.6 is 0 Å². The highest BCUT2D eigenvalue weighted by Gasteiger charge is 2.41. The smallest absolute Gasteiger partial charge is 0.241 e. The molecule has 3 rings (SSSR count). The topological polar surface area (TPSA) is 58.8 Å². The Morgan fingerprint density at radius 3 is 2.54 bits per heavy atom. The highest BCUT2D eigenvalue weighted by molar-refractivity contribution is 5.81. The molecule has 2 N–H and O–H groups in total. The first-order chi connectivity index (χ1) is 11.6. The molecule has 0 aromatic heterocycles. The lowest BCUT2D eigenvalue weighted by Gasteiger charge is -2.40. The zero-order valence-electron chi connectivity index (χ0n) is 14.6. The molecule has 1 aromatic rings. The lowest BCUT2D eigenvalue weighted by molar-refractivity contribution is -0.136. The van der Waals surface area contributed by atoms with Crippen LogP contribution in [0, 0.1) is 5.41 Å². The average molecular weight is 331 g/mol. The summed E-state index contributed by atoms with van der Waals surface area (Å²) in [6.07, 6.45) is 3.42. The molecule has 0 saturated carbocycles. The Hall–Kier alpha value is -1.43. The highest BCUT2D eigenvalue weighted by Crippen LogP contribution is 2.40. The minimum atomic E-state index is -0.526. The Balaban J connectivity index is 1.50. The van der Waals surface area contributed by atoms with Gasteiger partial charge in [-0.05, 0) is 36.8 Å². The Morgan fingerprint density at radius 1 is 1.21 bits per heavy atom. The van der Waals surface area contributed by atoms with Gasteiger partial charge >= 0.3 is 0 Å². The molecule has 1 unspecified atom stereocenters. The van der Waals surface area contributed by atoms with E-state index in [1.54, 1.807) is 7.11 Å². The molecule has 1 spiro atoms. The lowest BCUT2D eigenvalue weighted by atomic mass is 9.77. The number of piperidine rings is 1. The van der Waals surface area contributed by atoms with E-state index in [-0.39, 0.29) is 5.91 Å². The van der Waals surface area contributed by atoms with Gasteiger partial charge in [0.1, 0.15) is 6.04 Å². The fraction of sp³-hybridized carbons (Fsp3) is 0.632. The second kappa shape index (κ2) is 7.64. The van der Waals surface area contributed by atoms with Crippen LogP contribution in [-0.2, 0) is 16.1 Å². The van der Waals surface area contributed by atoms with Crippen LogP contribution in [0.4, 0.5) is 0 Å². The molecule has 2 heterocycles. The quantitative estimate of drug-likeness (QED) is 0.888. The number of methoxy groups -OCH3 is 1. The van der Waals surface area contributed by atoms with Crippen molar-refractivity contribution in [2.24, 2.45) is 11.1 Å². The van der Waals surface area contributed by atoms with Crippen molar-refractivity contribution in [3.63, 3.8) is 0 Å². The average Bonchev–Trinajstić information content (AvgIpc) is 2.98. The van der Waals surface area contributed by atoms with Gasteiger partial charge in [-0.3, -0.25) is 9.69 Å². The van der Waals surface area contributed by atoms with E-state index < -0.39 is 6.04 Å². The van der Waals surface area contributed by atoms with E-state index in [1.807, 2.05) is 4.90 Å². The van der Waals surface area contributed by atoms with Gasteiger partial charge in [-0.25, -0.2) is 0 Å². The predicted octanol–water partition coefficient (Wildman–Crippen LogP) is 1.47. The lowest BCUT2D eigenvalue weighted by Crippen LogP contribution is -2.51. The Morgan fingerprint density at radius 2 is 1.88 bits per heavy atom. The molecule has 0 aliphatic carbocycles. The number of benzene rings is 1. The zero-order valence-corrected chi connectivity index (χ0v) is 14.6. The van der Waals surface area contributed by atoms with Gasteiger partial charge in [-0.15, -0.1) is 0 Å². The van der Waals surface area contributed by atoms with Crippen molar-refractivity contribution < 1.29 is 9.53 Å². The van der Waals surface area contributed by atoms with Gasteiger partial charge in [0.2, 0.25) is 5.91 Å². The molecule has 2 saturated heterocycles. The Labute approximate surface area is 144 Å². The molecule has 2 aliphatic rings. The second-order valence-corrected chi connectivity index (χ2v) is 7.33. The summed E-state index contributed by atoms with van der Waals surface area (Å²) in [5.41, 5.74) is 7.66. The Bertz CT molecular complexity index is 541. The molecule has 0 radical (unpaired) electrons. The molecule has 1 amide bonds. The first-order valence-electron chi connectivity index (χ1n) is 8.91. The first-order valence-corrected chi connectivity index (χ1v) is 8.91. The van der Waals surface area contributed by atoms with Crippen LogP contribution in [0.3, 0.4) is 0 Å². The molecular formula is C19H29N3O2.